The molecule has 4 nitrogen and oxygen atoms in total. The molecule has 0 aliphatic carbocycles. The number of aryl methyl sites for hydroxylation is 2. The molecule has 3 aromatic rings. The van der Waals surface area contributed by atoms with Crippen LogP contribution in [0, 0.1) is 13.8 Å². The molecule has 142 valence electrons. The first-order valence-corrected chi connectivity index (χ1v) is 9.53. The van der Waals surface area contributed by atoms with Crippen LogP contribution in [0.15, 0.2) is 74.6 Å². The summed E-state index contributed by atoms with van der Waals surface area (Å²) in [5, 5.41) is 0. The van der Waals surface area contributed by atoms with E-state index in [0.717, 1.165) is 40.7 Å². The molecule has 1 aliphatic rings. The number of hydrogen-bond acceptors (Lipinski definition) is 3. The minimum absolute atomic E-state index is 0.0694. The van der Waals surface area contributed by atoms with Crippen LogP contribution >= 0.6 is 0 Å². The lowest BCUT2D eigenvalue weighted by atomic mass is 9.95. The Morgan fingerprint density at radius 1 is 0.821 bits per heavy atom. The third-order valence-electron chi connectivity index (χ3n) is 4.92. The lowest BCUT2D eigenvalue weighted by Gasteiger charge is -2.26. The minimum atomic E-state index is 0.0694. The van der Waals surface area contributed by atoms with Crippen molar-refractivity contribution < 1.29 is 18.5 Å². The molecular formula is C24H24NO3+. The lowest BCUT2D eigenvalue weighted by molar-refractivity contribution is -0.904. The minimum Gasteiger partial charge on any atom is -0.462 e. The van der Waals surface area contributed by atoms with E-state index in [2.05, 4.69) is 24.3 Å². The second-order valence-electron chi connectivity index (χ2n) is 7.33. The summed E-state index contributed by atoms with van der Waals surface area (Å²) in [6.45, 7) is 6.01. The number of ketones is 1. The highest BCUT2D eigenvalue weighted by Crippen LogP contribution is 2.18. The molecule has 4 heteroatoms. The maximum Gasteiger partial charge on any atom is 0.196 e. The highest BCUT2D eigenvalue weighted by Gasteiger charge is 2.30. The van der Waals surface area contributed by atoms with E-state index in [1.54, 1.807) is 0 Å². The Kier molecular flexibility index (Phi) is 5.13. The molecule has 1 N–H and O–H groups in total. The van der Waals surface area contributed by atoms with Crippen molar-refractivity contribution in [2.45, 2.75) is 20.4 Å². The molecule has 0 spiro atoms. The molecule has 1 fully saturated rings. The summed E-state index contributed by atoms with van der Waals surface area (Å²) in [5.74, 6) is 3.18. The van der Waals surface area contributed by atoms with Crippen LogP contribution in [-0.4, -0.2) is 18.9 Å². The summed E-state index contributed by atoms with van der Waals surface area (Å²) in [6, 6.07) is 18.0. The van der Waals surface area contributed by atoms with E-state index in [0.29, 0.717) is 13.1 Å². The van der Waals surface area contributed by atoms with Gasteiger partial charge in [-0.15, -0.1) is 0 Å². The zero-order chi connectivity index (χ0) is 19.5. The Labute approximate surface area is 164 Å². The van der Waals surface area contributed by atoms with Gasteiger partial charge in [0, 0.05) is 5.56 Å². The molecule has 28 heavy (non-hydrogen) atoms. The largest absolute Gasteiger partial charge is 0.462 e. The summed E-state index contributed by atoms with van der Waals surface area (Å²) in [6.07, 6.45) is 3.75. The third kappa shape index (κ3) is 4.24. The zero-order valence-corrected chi connectivity index (χ0v) is 16.2. The van der Waals surface area contributed by atoms with Gasteiger partial charge in [-0.25, -0.2) is 0 Å². The van der Waals surface area contributed by atoms with E-state index in [9.17, 15) is 4.79 Å². The summed E-state index contributed by atoms with van der Waals surface area (Å²) in [7, 11) is 0. The number of Topliss-reactive ketones (excluding diaryl/α,β-unsaturated/α-hetero) is 1. The first-order valence-electron chi connectivity index (χ1n) is 9.53. The van der Waals surface area contributed by atoms with Crippen LogP contribution < -0.4 is 4.90 Å². The van der Waals surface area contributed by atoms with Gasteiger partial charge in [-0.2, -0.15) is 0 Å². The molecule has 2 aromatic heterocycles. The Morgan fingerprint density at radius 3 is 1.82 bits per heavy atom. The number of carbonyl (C=O) groups is 1. The maximum atomic E-state index is 13.1. The summed E-state index contributed by atoms with van der Waals surface area (Å²) < 4.78 is 11.3. The van der Waals surface area contributed by atoms with Gasteiger partial charge in [-0.1, -0.05) is 30.3 Å². The first kappa shape index (κ1) is 18.3. The Bertz CT molecular complexity index is 975. The average molecular weight is 374 g/mol. The molecule has 1 saturated heterocycles. The fraction of sp³-hybridized carbons (Fsp3) is 0.208. The topological polar surface area (TPSA) is 47.8 Å². The van der Waals surface area contributed by atoms with Crippen LogP contribution in [0.3, 0.4) is 0 Å². The molecule has 0 amide bonds. The van der Waals surface area contributed by atoms with E-state index in [1.165, 1.54) is 10.5 Å². The van der Waals surface area contributed by atoms with Crippen LogP contribution in [0.2, 0.25) is 0 Å². The number of likely N-dealkylation sites (tertiary alicyclic amines) is 1. The SMILES string of the molecule is Cc1ccc(C=C2C[NH+](Cc3ccccc3)CC(=Cc3ccc(C)o3)C2=O)o1. The number of carbonyl (C=O) groups excluding carboxylic acids is 1. The Hall–Kier alpha value is -3.11. The standard InChI is InChI=1S/C24H23NO3/c1-17-8-10-22(27-17)12-20-15-25(14-19-6-4-3-5-7-19)16-21(24(20)26)13-23-11-9-18(2)28-23/h3-13H,14-16H2,1-2H3/p+1. The van der Waals surface area contributed by atoms with E-state index < -0.39 is 0 Å². The van der Waals surface area contributed by atoms with Gasteiger partial charge >= 0.3 is 0 Å². The molecule has 0 unspecified atom stereocenters. The summed E-state index contributed by atoms with van der Waals surface area (Å²) in [4.78, 5) is 14.4. The lowest BCUT2D eigenvalue weighted by Crippen LogP contribution is -3.12. The van der Waals surface area contributed by atoms with Gasteiger partial charge in [0.05, 0.1) is 11.1 Å². The van der Waals surface area contributed by atoms with Gasteiger partial charge in [-0.05, 0) is 50.3 Å². The van der Waals surface area contributed by atoms with Crippen LogP contribution in [0.4, 0.5) is 0 Å². The van der Waals surface area contributed by atoms with Crippen LogP contribution in [-0.2, 0) is 11.3 Å². The predicted octanol–water partition coefficient (Wildman–Crippen LogP) is 3.62. The molecule has 4 rings (SSSR count). The average Bonchev–Trinajstić information content (AvgIpc) is 3.27. The number of benzene rings is 1. The molecular weight excluding hydrogens is 350 g/mol. The van der Waals surface area contributed by atoms with Crippen LogP contribution in [0.25, 0.3) is 12.2 Å². The Morgan fingerprint density at radius 2 is 1.36 bits per heavy atom. The van der Waals surface area contributed by atoms with Gasteiger partial charge in [0.2, 0.25) is 0 Å². The normalized spacial score (nSPS) is 20.2. The fourth-order valence-electron chi connectivity index (χ4n) is 3.62. The van der Waals surface area contributed by atoms with Crippen molar-refractivity contribution in [3.05, 3.63) is 94.3 Å². The van der Waals surface area contributed by atoms with Crippen molar-refractivity contribution in [3.8, 4) is 0 Å². The van der Waals surface area contributed by atoms with Crippen LogP contribution in [0.5, 0.6) is 0 Å². The highest BCUT2D eigenvalue weighted by molar-refractivity contribution is 6.13. The van der Waals surface area contributed by atoms with Crippen LogP contribution in [0.1, 0.15) is 28.6 Å². The predicted molar refractivity (Wildman–Crippen MR) is 109 cm³/mol. The third-order valence-corrected chi connectivity index (χ3v) is 4.92. The maximum absolute atomic E-state index is 13.1. The number of hydrogen-bond donors (Lipinski definition) is 1. The second kappa shape index (κ2) is 7.87. The van der Waals surface area contributed by atoms with Crippen molar-refractivity contribution in [1.82, 2.24) is 0 Å². The molecule has 1 aliphatic heterocycles. The molecule has 0 atom stereocenters. The summed E-state index contributed by atoms with van der Waals surface area (Å²) >= 11 is 0. The molecule has 0 bridgehead atoms. The number of nitrogens with one attached hydrogen (secondary N) is 1. The van der Waals surface area contributed by atoms with Crippen molar-refractivity contribution in [2.75, 3.05) is 13.1 Å². The highest BCUT2D eigenvalue weighted by atomic mass is 16.3. The van der Waals surface area contributed by atoms with Gasteiger partial charge in [0.1, 0.15) is 42.7 Å². The van der Waals surface area contributed by atoms with Crippen molar-refractivity contribution >= 4 is 17.9 Å². The monoisotopic (exact) mass is 374 g/mol. The van der Waals surface area contributed by atoms with E-state index in [1.807, 2.05) is 56.3 Å². The van der Waals surface area contributed by atoms with E-state index in [4.69, 9.17) is 8.83 Å². The fourth-order valence-corrected chi connectivity index (χ4v) is 3.62. The molecule has 0 saturated carbocycles. The van der Waals surface area contributed by atoms with E-state index >= 15 is 0 Å². The van der Waals surface area contributed by atoms with Crippen molar-refractivity contribution in [1.29, 1.82) is 0 Å². The van der Waals surface area contributed by atoms with E-state index in [-0.39, 0.29) is 5.78 Å². The molecule has 0 radical (unpaired) electrons. The van der Waals surface area contributed by atoms with Gasteiger partial charge in [0.25, 0.3) is 0 Å². The number of furan rings is 2. The van der Waals surface area contributed by atoms with Gasteiger partial charge in [0.15, 0.2) is 5.78 Å². The number of rotatable bonds is 4. The summed E-state index contributed by atoms with van der Waals surface area (Å²) in [5.41, 5.74) is 2.79. The molecule has 3 heterocycles. The zero-order valence-electron chi connectivity index (χ0n) is 16.2. The van der Waals surface area contributed by atoms with Crippen molar-refractivity contribution in [2.24, 2.45) is 0 Å². The van der Waals surface area contributed by atoms with Crippen molar-refractivity contribution in [3.63, 3.8) is 0 Å². The quantitative estimate of drug-likeness (QED) is 0.710. The Balaban J connectivity index is 1.66. The second-order valence-corrected chi connectivity index (χ2v) is 7.33. The number of quaternary nitrogens is 1. The molecule has 1 aromatic carbocycles. The first-order chi connectivity index (χ1) is 13.6. The van der Waals surface area contributed by atoms with Gasteiger partial charge < -0.3 is 13.7 Å². The number of piperidine rings is 1. The smallest absolute Gasteiger partial charge is 0.196 e. The van der Waals surface area contributed by atoms with Gasteiger partial charge in [-0.3, -0.25) is 4.79 Å².